The largest absolute Gasteiger partial charge is 0.453 e. The summed E-state index contributed by atoms with van der Waals surface area (Å²) in [6.07, 6.45) is 2.01. The Balaban J connectivity index is 1.57. The average Bonchev–Trinajstić information content (AvgIpc) is 3.16. The lowest BCUT2D eigenvalue weighted by Gasteiger charge is -2.22. The van der Waals surface area contributed by atoms with Crippen LogP contribution >= 0.6 is 0 Å². The zero-order valence-corrected chi connectivity index (χ0v) is 17.7. The Kier molecular flexibility index (Phi) is 6.02. The standard InChI is InChI=1S/C24H25N3O4/c1-17-8-10-18(11-9-17)21-16-25-22(31-21)19-6-3-4-7-20(19)23(28)26-12-5-13-27(15-14-26)24(29)30-2/h3-4,6-11,16H,5,12-15H2,1-2H3. The van der Waals surface area contributed by atoms with Crippen LogP contribution in [0.5, 0.6) is 0 Å². The first kappa shape index (κ1) is 20.7. The van der Waals surface area contributed by atoms with Crippen LogP contribution < -0.4 is 0 Å². The van der Waals surface area contributed by atoms with Crippen LogP contribution in [0.25, 0.3) is 22.8 Å². The fourth-order valence-electron chi connectivity index (χ4n) is 3.71. The lowest BCUT2D eigenvalue weighted by molar-refractivity contribution is 0.0757. The summed E-state index contributed by atoms with van der Waals surface area (Å²) in [5.74, 6) is 0.962. The summed E-state index contributed by atoms with van der Waals surface area (Å²) in [6, 6.07) is 15.3. The first-order valence-corrected chi connectivity index (χ1v) is 10.3. The summed E-state index contributed by atoms with van der Waals surface area (Å²) >= 11 is 0. The van der Waals surface area contributed by atoms with Crippen molar-refractivity contribution in [2.45, 2.75) is 13.3 Å². The number of benzene rings is 2. The molecule has 1 fully saturated rings. The van der Waals surface area contributed by atoms with Gasteiger partial charge >= 0.3 is 6.09 Å². The molecule has 0 bridgehead atoms. The number of oxazole rings is 1. The molecule has 1 aliphatic rings. The zero-order chi connectivity index (χ0) is 21.8. The minimum atomic E-state index is -0.363. The summed E-state index contributed by atoms with van der Waals surface area (Å²) in [7, 11) is 1.37. The Morgan fingerprint density at radius 1 is 0.968 bits per heavy atom. The van der Waals surface area contributed by atoms with Crippen LogP contribution in [-0.4, -0.2) is 60.1 Å². The highest BCUT2D eigenvalue weighted by atomic mass is 16.5. The quantitative estimate of drug-likeness (QED) is 0.635. The highest BCUT2D eigenvalue weighted by molar-refractivity contribution is 6.00. The molecule has 0 spiro atoms. The molecule has 2 heterocycles. The molecular formula is C24H25N3O4. The van der Waals surface area contributed by atoms with Gasteiger partial charge in [-0.25, -0.2) is 9.78 Å². The van der Waals surface area contributed by atoms with Gasteiger partial charge in [-0.15, -0.1) is 0 Å². The number of hydrogen-bond acceptors (Lipinski definition) is 5. The van der Waals surface area contributed by atoms with Gasteiger partial charge in [-0.3, -0.25) is 4.79 Å². The fraction of sp³-hybridized carbons (Fsp3) is 0.292. The third kappa shape index (κ3) is 4.45. The van der Waals surface area contributed by atoms with Crippen molar-refractivity contribution in [1.82, 2.24) is 14.8 Å². The van der Waals surface area contributed by atoms with Crippen molar-refractivity contribution in [3.8, 4) is 22.8 Å². The van der Waals surface area contributed by atoms with Crippen LogP contribution in [0.1, 0.15) is 22.3 Å². The second kappa shape index (κ2) is 9.04. The number of methoxy groups -OCH3 is 1. The van der Waals surface area contributed by atoms with Crippen molar-refractivity contribution in [3.63, 3.8) is 0 Å². The maximum absolute atomic E-state index is 13.3. The first-order chi connectivity index (χ1) is 15.1. The Labute approximate surface area is 181 Å². The number of nitrogens with zero attached hydrogens (tertiary/aromatic N) is 3. The lowest BCUT2D eigenvalue weighted by atomic mass is 10.1. The monoisotopic (exact) mass is 419 g/mol. The topological polar surface area (TPSA) is 75.9 Å². The van der Waals surface area contributed by atoms with Gasteiger partial charge in [0.2, 0.25) is 5.89 Å². The minimum Gasteiger partial charge on any atom is -0.453 e. The van der Waals surface area contributed by atoms with E-state index in [0.717, 1.165) is 5.56 Å². The number of amides is 2. The van der Waals surface area contributed by atoms with Gasteiger partial charge in [-0.1, -0.05) is 42.0 Å². The molecule has 3 aromatic rings. The molecule has 0 N–H and O–H groups in total. The van der Waals surface area contributed by atoms with E-state index in [1.165, 1.54) is 12.7 Å². The van der Waals surface area contributed by atoms with Crippen LogP contribution in [-0.2, 0) is 4.74 Å². The van der Waals surface area contributed by atoms with Gasteiger partial charge in [0.05, 0.1) is 18.9 Å². The van der Waals surface area contributed by atoms with Gasteiger partial charge in [0.1, 0.15) is 0 Å². The number of carbonyl (C=O) groups excluding carboxylic acids is 2. The van der Waals surface area contributed by atoms with E-state index in [0.29, 0.717) is 55.4 Å². The molecule has 7 heteroatoms. The Bertz CT molecular complexity index is 1070. The normalized spacial score (nSPS) is 14.3. The van der Waals surface area contributed by atoms with Crippen molar-refractivity contribution >= 4 is 12.0 Å². The molecule has 2 amide bonds. The van der Waals surface area contributed by atoms with Crippen molar-refractivity contribution in [2.24, 2.45) is 0 Å². The summed E-state index contributed by atoms with van der Waals surface area (Å²) in [4.78, 5) is 33.0. The molecule has 0 atom stereocenters. The molecule has 0 saturated carbocycles. The maximum Gasteiger partial charge on any atom is 0.409 e. The van der Waals surface area contributed by atoms with Gasteiger partial charge in [0, 0.05) is 37.3 Å². The molecule has 1 aromatic heterocycles. The second-order valence-corrected chi connectivity index (χ2v) is 7.54. The van der Waals surface area contributed by atoms with E-state index in [4.69, 9.17) is 9.15 Å². The van der Waals surface area contributed by atoms with E-state index in [-0.39, 0.29) is 12.0 Å². The number of aryl methyl sites for hydroxylation is 1. The predicted octanol–water partition coefficient (Wildman–Crippen LogP) is 4.23. The first-order valence-electron chi connectivity index (χ1n) is 10.3. The van der Waals surface area contributed by atoms with Gasteiger partial charge in [0.25, 0.3) is 5.91 Å². The van der Waals surface area contributed by atoms with Crippen LogP contribution in [0.4, 0.5) is 4.79 Å². The molecule has 160 valence electrons. The van der Waals surface area contributed by atoms with Gasteiger partial charge in [-0.2, -0.15) is 0 Å². The van der Waals surface area contributed by atoms with Crippen molar-refractivity contribution in [3.05, 3.63) is 65.9 Å². The van der Waals surface area contributed by atoms with E-state index < -0.39 is 0 Å². The maximum atomic E-state index is 13.3. The smallest absolute Gasteiger partial charge is 0.409 e. The number of carbonyl (C=O) groups is 2. The fourth-order valence-corrected chi connectivity index (χ4v) is 3.71. The molecular weight excluding hydrogens is 394 g/mol. The van der Waals surface area contributed by atoms with Crippen molar-refractivity contribution < 1.29 is 18.7 Å². The molecule has 31 heavy (non-hydrogen) atoms. The molecule has 0 unspecified atom stereocenters. The molecule has 1 aliphatic heterocycles. The predicted molar refractivity (Wildman–Crippen MR) is 117 cm³/mol. The number of hydrogen-bond donors (Lipinski definition) is 0. The number of ether oxygens (including phenoxy) is 1. The Morgan fingerprint density at radius 3 is 2.45 bits per heavy atom. The summed E-state index contributed by atoms with van der Waals surface area (Å²) < 4.78 is 10.8. The zero-order valence-electron chi connectivity index (χ0n) is 17.7. The van der Waals surface area contributed by atoms with E-state index in [9.17, 15) is 9.59 Å². The third-order valence-corrected chi connectivity index (χ3v) is 5.45. The van der Waals surface area contributed by atoms with E-state index >= 15 is 0 Å². The molecule has 0 aliphatic carbocycles. The lowest BCUT2D eigenvalue weighted by Crippen LogP contribution is -2.37. The molecule has 1 saturated heterocycles. The van der Waals surface area contributed by atoms with Crippen LogP contribution in [0, 0.1) is 6.92 Å². The minimum absolute atomic E-state index is 0.0996. The highest BCUT2D eigenvalue weighted by Crippen LogP contribution is 2.29. The van der Waals surface area contributed by atoms with Crippen LogP contribution in [0.3, 0.4) is 0 Å². The molecule has 0 radical (unpaired) electrons. The van der Waals surface area contributed by atoms with Gasteiger partial charge in [-0.05, 0) is 25.5 Å². The van der Waals surface area contributed by atoms with Gasteiger partial charge < -0.3 is 19.0 Å². The number of rotatable bonds is 3. The SMILES string of the molecule is COC(=O)N1CCCN(C(=O)c2ccccc2-c2ncc(-c3ccc(C)cc3)o2)CC1. The Hall–Kier alpha value is -3.61. The average molecular weight is 419 g/mol. The highest BCUT2D eigenvalue weighted by Gasteiger charge is 2.25. The Morgan fingerprint density at radius 2 is 1.68 bits per heavy atom. The second-order valence-electron chi connectivity index (χ2n) is 7.54. The number of aromatic nitrogens is 1. The van der Waals surface area contributed by atoms with Crippen LogP contribution in [0.15, 0.2) is 59.1 Å². The van der Waals surface area contributed by atoms with Crippen LogP contribution in [0.2, 0.25) is 0 Å². The molecule has 2 aromatic carbocycles. The van der Waals surface area contributed by atoms with Crippen molar-refractivity contribution in [1.29, 1.82) is 0 Å². The molecule has 7 nitrogen and oxygen atoms in total. The van der Waals surface area contributed by atoms with Crippen molar-refractivity contribution in [2.75, 3.05) is 33.3 Å². The third-order valence-electron chi connectivity index (χ3n) is 5.45. The van der Waals surface area contributed by atoms with E-state index in [1.54, 1.807) is 22.1 Å². The molecule has 4 rings (SSSR count). The van der Waals surface area contributed by atoms with E-state index in [2.05, 4.69) is 4.98 Å². The summed E-state index contributed by atoms with van der Waals surface area (Å²) in [6.45, 7) is 4.06. The summed E-state index contributed by atoms with van der Waals surface area (Å²) in [5, 5.41) is 0. The summed E-state index contributed by atoms with van der Waals surface area (Å²) in [5.41, 5.74) is 3.29. The van der Waals surface area contributed by atoms with E-state index in [1.807, 2.05) is 49.4 Å². The van der Waals surface area contributed by atoms with Gasteiger partial charge in [0.15, 0.2) is 5.76 Å².